The van der Waals surface area contributed by atoms with Gasteiger partial charge in [-0.25, -0.2) is 0 Å². The van der Waals surface area contributed by atoms with Gasteiger partial charge in [0.2, 0.25) is 5.91 Å². The molecule has 1 unspecified atom stereocenters. The standard InChI is InChI=1S/C12H26N2O2/c1-9(2)14-11(15)10(3)13-8-7-12(4,5)16-6/h9-10,13H,7-8H2,1-6H3,(H,14,15). The second kappa shape index (κ2) is 6.86. The minimum absolute atomic E-state index is 0.0465. The van der Waals surface area contributed by atoms with E-state index in [0.717, 1.165) is 13.0 Å². The van der Waals surface area contributed by atoms with Crippen molar-refractivity contribution in [3.8, 4) is 0 Å². The normalized spacial score (nSPS) is 13.9. The molecule has 0 heterocycles. The van der Waals surface area contributed by atoms with Gasteiger partial charge in [-0.1, -0.05) is 0 Å². The van der Waals surface area contributed by atoms with E-state index in [0.29, 0.717) is 0 Å². The predicted molar refractivity (Wildman–Crippen MR) is 66.4 cm³/mol. The molecular formula is C12H26N2O2. The highest BCUT2D eigenvalue weighted by atomic mass is 16.5. The maximum Gasteiger partial charge on any atom is 0.237 e. The molecule has 0 saturated carbocycles. The molecule has 0 aromatic rings. The van der Waals surface area contributed by atoms with Crippen molar-refractivity contribution in [2.24, 2.45) is 0 Å². The quantitative estimate of drug-likeness (QED) is 0.693. The van der Waals surface area contributed by atoms with Gasteiger partial charge in [-0.3, -0.25) is 4.79 Å². The molecule has 0 fully saturated rings. The number of methoxy groups -OCH3 is 1. The number of carbonyl (C=O) groups is 1. The van der Waals surface area contributed by atoms with Gasteiger partial charge < -0.3 is 15.4 Å². The van der Waals surface area contributed by atoms with Crippen LogP contribution in [0.2, 0.25) is 0 Å². The first-order valence-corrected chi connectivity index (χ1v) is 5.87. The summed E-state index contributed by atoms with van der Waals surface area (Å²) in [7, 11) is 1.70. The Kier molecular flexibility index (Phi) is 6.60. The number of hydrogen-bond acceptors (Lipinski definition) is 3. The Morgan fingerprint density at radius 1 is 1.31 bits per heavy atom. The molecule has 0 radical (unpaired) electrons. The van der Waals surface area contributed by atoms with Crippen molar-refractivity contribution in [2.75, 3.05) is 13.7 Å². The van der Waals surface area contributed by atoms with Gasteiger partial charge in [-0.15, -0.1) is 0 Å². The molecule has 0 bridgehead atoms. The molecule has 2 N–H and O–H groups in total. The average molecular weight is 230 g/mol. The Balaban J connectivity index is 3.81. The van der Waals surface area contributed by atoms with Gasteiger partial charge in [0.05, 0.1) is 11.6 Å². The molecule has 96 valence electrons. The van der Waals surface area contributed by atoms with Gasteiger partial charge in [-0.05, 0) is 47.6 Å². The first-order valence-electron chi connectivity index (χ1n) is 5.87. The van der Waals surface area contributed by atoms with Crippen LogP contribution in [0.3, 0.4) is 0 Å². The van der Waals surface area contributed by atoms with Crippen molar-refractivity contribution >= 4 is 5.91 Å². The highest BCUT2D eigenvalue weighted by Crippen LogP contribution is 2.11. The van der Waals surface area contributed by atoms with Crippen molar-refractivity contribution < 1.29 is 9.53 Å². The predicted octanol–water partition coefficient (Wildman–Crippen LogP) is 1.30. The summed E-state index contributed by atoms with van der Waals surface area (Å²) in [5.41, 5.74) is -0.138. The van der Waals surface area contributed by atoms with Crippen LogP contribution in [0.1, 0.15) is 41.0 Å². The van der Waals surface area contributed by atoms with Crippen molar-refractivity contribution in [1.29, 1.82) is 0 Å². The van der Waals surface area contributed by atoms with Gasteiger partial charge in [0.1, 0.15) is 0 Å². The highest BCUT2D eigenvalue weighted by molar-refractivity contribution is 5.81. The molecule has 0 aliphatic rings. The smallest absolute Gasteiger partial charge is 0.237 e. The van der Waals surface area contributed by atoms with Crippen LogP contribution in [-0.4, -0.2) is 37.2 Å². The van der Waals surface area contributed by atoms with Crippen LogP contribution in [0, 0.1) is 0 Å². The zero-order chi connectivity index (χ0) is 12.8. The van der Waals surface area contributed by atoms with Gasteiger partial charge in [-0.2, -0.15) is 0 Å². The average Bonchev–Trinajstić information content (AvgIpc) is 2.16. The fourth-order valence-electron chi connectivity index (χ4n) is 1.19. The molecular weight excluding hydrogens is 204 g/mol. The Labute approximate surface area is 99.1 Å². The number of nitrogens with one attached hydrogen (secondary N) is 2. The lowest BCUT2D eigenvalue weighted by Gasteiger charge is -2.24. The summed E-state index contributed by atoms with van der Waals surface area (Å²) in [6, 6.07) is 0.0298. The van der Waals surface area contributed by atoms with Gasteiger partial charge in [0.25, 0.3) is 0 Å². The topological polar surface area (TPSA) is 50.4 Å². The summed E-state index contributed by atoms with van der Waals surface area (Å²) >= 11 is 0. The van der Waals surface area contributed by atoms with E-state index >= 15 is 0 Å². The maximum atomic E-state index is 11.6. The lowest BCUT2D eigenvalue weighted by molar-refractivity contribution is -0.123. The molecule has 0 aromatic carbocycles. The third-order valence-corrected chi connectivity index (χ3v) is 2.55. The molecule has 0 aliphatic carbocycles. The number of ether oxygens (including phenoxy) is 1. The molecule has 1 atom stereocenters. The molecule has 4 heteroatoms. The third kappa shape index (κ3) is 6.80. The van der Waals surface area contributed by atoms with Crippen LogP contribution in [0.4, 0.5) is 0 Å². The second-order valence-corrected chi connectivity index (χ2v) is 5.05. The highest BCUT2D eigenvalue weighted by Gasteiger charge is 2.18. The molecule has 16 heavy (non-hydrogen) atoms. The molecule has 4 nitrogen and oxygen atoms in total. The SMILES string of the molecule is COC(C)(C)CCNC(C)C(=O)NC(C)C. The first-order chi connectivity index (χ1) is 7.28. The van der Waals surface area contributed by atoms with E-state index in [-0.39, 0.29) is 23.6 Å². The minimum atomic E-state index is -0.157. The van der Waals surface area contributed by atoms with E-state index in [2.05, 4.69) is 10.6 Å². The molecule has 0 saturated heterocycles. The summed E-state index contributed by atoms with van der Waals surface area (Å²) in [5, 5.41) is 6.06. The lowest BCUT2D eigenvalue weighted by Crippen LogP contribution is -2.45. The number of hydrogen-bond donors (Lipinski definition) is 2. The fourth-order valence-corrected chi connectivity index (χ4v) is 1.19. The Hall–Kier alpha value is -0.610. The summed E-state index contributed by atoms with van der Waals surface area (Å²) in [6.07, 6.45) is 0.878. The summed E-state index contributed by atoms with van der Waals surface area (Å²) in [6.45, 7) is 10.6. The van der Waals surface area contributed by atoms with Crippen molar-refractivity contribution in [1.82, 2.24) is 10.6 Å². The van der Waals surface area contributed by atoms with Crippen LogP contribution < -0.4 is 10.6 Å². The lowest BCUT2D eigenvalue weighted by atomic mass is 10.1. The number of carbonyl (C=O) groups excluding carboxylic acids is 1. The van der Waals surface area contributed by atoms with Crippen molar-refractivity contribution in [3.63, 3.8) is 0 Å². The zero-order valence-corrected chi connectivity index (χ0v) is 11.4. The summed E-state index contributed by atoms with van der Waals surface area (Å²) in [5.74, 6) is 0.0465. The van der Waals surface area contributed by atoms with Crippen LogP contribution in [0.5, 0.6) is 0 Å². The van der Waals surface area contributed by atoms with Gasteiger partial charge in [0.15, 0.2) is 0 Å². The first kappa shape index (κ1) is 15.4. The van der Waals surface area contributed by atoms with E-state index < -0.39 is 0 Å². The Bertz CT molecular complexity index is 215. The van der Waals surface area contributed by atoms with Crippen LogP contribution >= 0.6 is 0 Å². The number of rotatable bonds is 7. The summed E-state index contributed by atoms with van der Waals surface area (Å²) < 4.78 is 5.30. The Morgan fingerprint density at radius 3 is 2.31 bits per heavy atom. The van der Waals surface area contributed by atoms with Gasteiger partial charge >= 0.3 is 0 Å². The van der Waals surface area contributed by atoms with E-state index in [1.165, 1.54) is 0 Å². The minimum Gasteiger partial charge on any atom is -0.379 e. The largest absolute Gasteiger partial charge is 0.379 e. The summed E-state index contributed by atoms with van der Waals surface area (Å²) in [4.78, 5) is 11.6. The molecule has 0 spiro atoms. The van der Waals surface area contributed by atoms with E-state index in [4.69, 9.17) is 4.74 Å². The fraction of sp³-hybridized carbons (Fsp3) is 0.917. The van der Waals surface area contributed by atoms with Crippen LogP contribution in [-0.2, 0) is 9.53 Å². The molecule has 1 amide bonds. The van der Waals surface area contributed by atoms with E-state index in [1.54, 1.807) is 7.11 Å². The van der Waals surface area contributed by atoms with Gasteiger partial charge in [0, 0.05) is 13.2 Å². The van der Waals surface area contributed by atoms with E-state index in [1.807, 2.05) is 34.6 Å². The third-order valence-electron chi connectivity index (χ3n) is 2.55. The van der Waals surface area contributed by atoms with Crippen LogP contribution in [0.15, 0.2) is 0 Å². The molecule has 0 aromatic heterocycles. The molecule has 0 aliphatic heterocycles. The van der Waals surface area contributed by atoms with Crippen molar-refractivity contribution in [3.05, 3.63) is 0 Å². The number of amides is 1. The molecule has 0 rings (SSSR count). The van der Waals surface area contributed by atoms with E-state index in [9.17, 15) is 4.79 Å². The van der Waals surface area contributed by atoms with Crippen molar-refractivity contribution in [2.45, 2.75) is 58.7 Å². The second-order valence-electron chi connectivity index (χ2n) is 5.05. The van der Waals surface area contributed by atoms with Crippen LogP contribution in [0.25, 0.3) is 0 Å². The zero-order valence-electron chi connectivity index (χ0n) is 11.4. The maximum absolute atomic E-state index is 11.6. The monoisotopic (exact) mass is 230 g/mol. The Morgan fingerprint density at radius 2 is 1.88 bits per heavy atom.